The molecule has 140 valence electrons. The first-order chi connectivity index (χ1) is 13.1. The monoisotopic (exact) mass is 365 g/mol. The van der Waals surface area contributed by atoms with Crippen molar-refractivity contribution in [1.82, 2.24) is 4.90 Å². The number of carboxylic acids is 1. The summed E-state index contributed by atoms with van der Waals surface area (Å²) in [4.78, 5) is 27.6. The third kappa shape index (κ3) is 2.97. The number of carboxylic acid groups (broad SMARTS) is 1. The van der Waals surface area contributed by atoms with Gasteiger partial charge in [0.05, 0.1) is 13.2 Å². The summed E-state index contributed by atoms with van der Waals surface area (Å²) in [6.45, 7) is 0. The van der Waals surface area contributed by atoms with Gasteiger partial charge in [0.15, 0.2) is 0 Å². The number of aliphatic carboxylic acids is 1. The maximum atomic E-state index is 13.4. The van der Waals surface area contributed by atoms with E-state index in [0.29, 0.717) is 16.9 Å². The number of hydrogen-bond donors (Lipinski definition) is 1. The molecule has 1 saturated carbocycles. The Labute approximate surface area is 158 Å². The highest BCUT2D eigenvalue weighted by molar-refractivity contribution is 6.00. The summed E-state index contributed by atoms with van der Waals surface area (Å²) in [6.07, 6.45) is 3.99. The van der Waals surface area contributed by atoms with Crippen molar-refractivity contribution in [2.24, 2.45) is 0 Å². The van der Waals surface area contributed by atoms with E-state index >= 15 is 0 Å². The Balaban J connectivity index is 1.88. The third-order valence-electron chi connectivity index (χ3n) is 5.82. The number of rotatable bonds is 4. The number of hydrogen-bond acceptors (Lipinski definition) is 3. The Morgan fingerprint density at radius 3 is 2.37 bits per heavy atom. The number of methoxy groups -OCH3 is 1. The number of fused-ring (bicyclic) bond motifs is 1. The van der Waals surface area contributed by atoms with Crippen molar-refractivity contribution in [2.75, 3.05) is 7.11 Å². The van der Waals surface area contributed by atoms with Crippen LogP contribution in [0, 0.1) is 0 Å². The van der Waals surface area contributed by atoms with E-state index in [1.165, 1.54) is 0 Å². The van der Waals surface area contributed by atoms with Crippen molar-refractivity contribution in [3.8, 4) is 5.75 Å². The maximum Gasteiger partial charge on any atom is 0.313 e. The number of carbonyl (C=O) groups excluding carboxylic acids is 1. The lowest BCUT2D eigenvalue weighted by Gasteiger charge is -2.44. The van der Waals surface area contributed by atoms with Crippen molar-refractivity contribution in [2.45, 2.75) is 43.7 Å². The third-order valence-corrected chi connectivity index (χ3v) is 5.82. The minimum Gasteiger partial charge on any atom is -0.497 e. The molecule has 1 aliphatic heterocycles. The summed E-state index contributed by atoms with van der Waals surface area (Å²) in [5.74, 6) is -1.04. The molecule has 1 heterocycles. The predicted octanol–water partition coefficient (Wildman–Crippen LogP) is 4.00. The van der Waals surface area contributed by atoms with E-state index in [0.717, 1.165) is 31.2 Å². The first kappa shape index (κ1) is 17.6. The maximum absolute atomic E-state index is 13.4. The number of carbonyl (C=O) groups is 2. The Kier molecular flexibility index (Phi) is 4.60. The average Bonchev–Trinajstić information content (AvgIpc) is 3.22. The Hall–Kier alpha value is -2.82. The molecule has 1 amide bonds. The van der Waals surface area contributed by atoms with E-state index in [1.807, 2.05) is 29.2 Å². The molecule has 4 rings (SSSR count). The minimum absolute atomic E-state index is 0.0594. The Bertz CT molecular complexity index is 855. The van der Waals surface area contributed by atoms with Crippen LogP contribution in [0.3, 0.4) is 0 Å². The van der Waals surface area contributed by atoms with Crippen LogP contribution in [-0.4, -0.2) is 35.0 Å². The van der Waals surface area contributed by atoms with Gasteiger partial charge in [-0.3, -0.25) is 9.59 Å². The topological polar surface area (TPSA) is 66.8 Å². The molecule has 2 atom stereocenters. The van der Waals surface area contributed by atoms with Crippen molar-refractivity contribution >= 4 is 11.9 Å². The Morgan fingerprint density at radius 1 is 1.07 bits per heavy atom. The lowest BCUT2D eigenvalue weighted by atomic mass is 9.79. The molecule has 0 saturated heterocycles. The van der Waals surface area contributed by atoms with Crippen LogP contribution in [0.5, 0.6) is 5.75 Å². The van der Waals surface area contributed by atoms with E-state index in [2.05, 4.69) is 0 Å². The largest absolute Gasteiger partial charge is 0.497 e. The van der Waals surface area contributed by atoms with Gasteiger partial charge >= 0.3 is 5.97 Å². The zero-order valence-corrected chi connectivity index (χ0v) is 15.3. The fourth-order valence-corrected chi connectivity index (χ4v) is 4.56. The van der Waals surface area contributed by atoms with Crippen LogP contribution in [0.2, 0.25) is 0 Å². The SMILES string of the molecule is COc1ccc([C@@H]2[C@H](C(=O)O)c3ccccc3C(=O)N2C2CCCC2)cc1. The van der Waals surface area contributed by atoms with E-state index in [4.69, 9.17) is 4.74 Å². The lowest BCUT2D eigenvalue weighted by Crippen LogP contribution is -2.49. The van der Waals surface area contributed by atoms with E-state index in [9.17, 15) is 14.7 Å². The molecule has 0 aromatic heterocycles. The standard InChI is InChI=1S/C22H23NO4/c1-27-16-12-10-14(11-13-16)20-19(22(25)26)17-8-4-5-9-18(17)21(24)23(20)15-6-2-3-7-15/h4-5,8-13,15,19-20H,2-3,6-7H2,1H3,(H,25,26)/t19-,20-/m1/s1. The van der Waals surface area contributed by atoms with E-state index in [1.54, 1.807) is 31.4 Å². The summed E-state index contributed by atoms with van der Waals surface area (Å²) in [5, 5.41) is 10.1. The van der Waals surface area contributed by atoms with Crippen LogP contribution in [-0.2, 0) is 4.79 Å². The molecule has 2 aromatic rings. The van der Waals surface area contributed by atoms with Gasteiger partial charge in [0.1, 0.15) is 11.7 Å². The molecule has 1 aliphatic carbocycles. The molecule has 0 bridgehead atoms. The Morgan fingerprint density at radius 2 is 1.74 bits per heavy atom. The number of ether oxygens (including phenoxy) is 1. The van der Waals surface area contributed by atoms with Gasteiger partial charge in [-0.05, 0) is 42.2 Å². The van der Waals surface area contributed by atoms with Gasteiger partial charge in [0, 0.05) is 11.6 Å². The second kappa shape index (κ2) is 7.06. The highest BCUT2D eigenvalue weighted by atomic mass is 16.5. The molecule has 27 heavy (non-hydrogen) atoms. The normalized spacial score (nSPS) is 22.6. The van der Waals surface area contributed by atoms with Gasteiger partial charge in [-0.15, -0.1) is 0 Å². The van der Waals surface area contributed by atoms with Gasteiger partial charge in [-0.25, -0.2) is 0 Å². The predicted molar refractivity (Wildman–Crippen MR) is 101 cm³/mol. The fourth-order valence-electron chi connectivity index (χ4n) is 4.56. The molecule has 5 nitrogen and oxygen atoms in total. The molecule has 2 aliphatic rings. The summed E-state index contributed by atoms with van der Waals surface area (Å²) in [7, 11) is 1.60. The quantitative estimate of drug-likeness (QED) is 0.889. The van der Waals surface area contributed by atoms with Crippen molar-refractivity contribution in [3.05, 3.63) is 65.2 Å². The second-order valence-electron chi connectivity index (χ2n) is 7.27. The molecule has 2 aromatic carbocycles. The summed E-state index contributed by atoms with van der Waals surface area (Å²) >= 11 is 0. The highest BCUT2D eigenvalue weighted by Crippen LogP contribution is 2.46. The molecular weight excluding hydrogens is 342 g/mol. The van der Waals surface area contributed by atoms with Crippen LogP contribution in [0.15, 0.2) is 48.5 Å². The molecule has 1 N–H and O–H groups in total. The smallest absolute Gasteiger partial charge is 0.313 e. The second-order valence-corrected chi connectivity index (χ2v) is 7.27. The highest BCUT2D eigenvalue weighted by Gasteiger charge is 2.47. The fraction of sp³-hybridized carbons (Fsp3) is 0.364. The first-order valence-corrected chi connectivity index (χ1v) is 9.40. The van der Waals surface area contributed by atoms with E-state index < -0.39 is 17.9 Å². The average molecular weight is 365 g/mol. The minimum atomic E-state index is -0.904. The van der Waals surface area contributed by atoms with Crippen LogP contribution in [0.1, 0.15) is 59.1 Å². The molecule has 0 radical (unpaired) electrons. The first-order valence-electron chi connectivity index (χ1n) is 9.40. The summed E-state index contributed by atoms with van der Waals surface area (Å²) in [5.41, 5.74) is 1.95. The van der Waals surface area contributed by atoms with Crippen molar-refractivity contribution in [3.63, 3.8) is 0 Å². The van der Waals surface area contributed by atoms with Gasteiger partial charge in [0.25, 0.3) is 5.91 Å². The van der Waals surface area contributed by atoms with Crippen molar-refractivity contribution < 1.29 is 19.4 Å². The zero-order chi connectivity index (χ0) is 19.0. The molecule has 5 heteroatoms. The molecule has 1 fully saturated rings. The van der Waals surface area contributed by atoms with Crippen LogP contribution < -0.4 is 4.74 Å². The zero-order valence-electron chi connectivity index (χ0n) is 15.3. The van der Waals surface area contributed by atoms with Gasteiger partial charge in [-0.2, -0.15) is 0 Å². The van der Waals surface area contributed by atoms with Crippen LogP contribution in [0.4, 0.5) is 0 Å². The number of nitrogens with zero attached hydrogens (tertiary/aromatic N) is 1. The molecular formula is C22H23NO4. The molecule has 0 spiro atoms. The number of benzene rings is 2. The summed E-state index contributed by atoms with van der Waals surface area (Å²) in [6, 6.07) is 14.1. The lowest BCUT2D eigenvalue weighted by molar-refractivity contribution is -0.140. The molecule has 0 unspecified atom stereocenters. The van der Waals surface area contributed by atoms with Crippen LogP contribution >= 0.6 is 0 Å². The van der Waals surface area contributed by atoms with Gasteiger partial charge in [-0.1, -0.05) is 43.2 Å². The van der Waals surface area contributed by atoms with E-state index in [-0.39, 0.29) is 11.9 Å². The van der Waals surface area contributed by atoms with Crippen molar-refractivity contribution in [1.29, 1.82) is 0 Å². The van der Waals surface area contributed by atoms with Gasteiger partial charge < -0.3 is 14.7 Å². The number of amides is 1. The van der Waals surface area contributed by atoms with Crippen LogP contribution in [0.25, 0.3) is 0 Å². The summed E-state index contributed by atoms with van der Waals surface area (Å²) < 4.78 is 5.24. The van der Waals surface area contributed by atoms with Gasteiger partial charge in [0.2, 0.25) is 0 Å².